The molecule has 0 aromatic carbocycles. The van der Waals surface area contributed by atoms with Crippen molar-refractivity contribution in [2.24, 2.45) is 10.7 Å². The SMILES string of the molecule is I.NC(=NCCNC(=O)c1ccco1)NC1CCCCC1. The number of rotatable bonds is 5. The number of carbonyl (C=O) groups excluding carboxylic acids is 1. The van der Waals surface area contributed by atoms with Crippen molar-refractivity contribution in [3.8, 4) is 0 Å². The van der Waals surface area contributed by atoms with Crippen molar-refractivity contribution >= 4 is 35.8 Å². The zero-order valence-corrected chi connectivity index (χ0v) is 14.3. The van der Waals surface area contributed by atoms with E-state index in [-0.39, 0.29) is 29.9 Å². The van der Waals surface area contributed by atoms with Crippen molar-refractivity contribution in [2.45, 2.75) is 38.1 Å². The summed E-state index contributed by atoms with van der Waals surface area (Å²) in [5.74, 6) is 0.537. The van der Waals surface area contributed by atoms with Gasteiger partial charge in [-0.3, -0.25) is 9.79 Å². The minimum atomic E-state index is -0.232. The summed E-state index contributed by atoms with van der Waals surface area (Å²) in [6.07, 6.45) is 7.61. The summed E-state index contributed by atoms with van der Waals surface area (Å²) in [5.41, 5.74) is 5.82. The van der Waals surface area contributed by atoms with Gasteiger partial charge < -0.3 is 20.8 Å². The second kappa shape index (κ2) is 9.64. The molecule has 0 radical (unpaired) electrons. The first kappa shape index (κ1) is 17.8. The molecule has 0 saturated heterocycles. The number of furan rings is 1. The minimum Gasteiger partial charge on any atom is -0.459 e. The fourth-order valence-corrected chi connectivity index (χ4v) is 2.34. The zero-order valence-electron chi connectivity index (χ0n) is 12.0. The van der Waals surface area contributed by atoms with Gasteiger partial charge in [-0.25, -0.2) is 0 Å². The van der Waals surface area contributed by atoms with E-state index in [0.29, 0.717) is 30.9 Å². The van der Waals surface area contributed by atoms with Crippen LogP contribution in [0, 0.1) is 0 Å². The molecule has 1 heterocycles. The van der Waals surface area contributed by atoms with Crippen molar-refractivity contribution in [3.63, 3.8) is 0 Å². The first-order valence-electron chi connectivity index (χ1n) is 7.14. The highest BCUT2D eigenvalue weighted by molar-refractivity contribution is 14.0. The predicted molar refractivity (Wildman–Crippen MR) is 93.0 cm³/mol. The molecule has 1 aliphatic carbocycles. The third-order valence-electron chi connectivity index (χ3n) is 3.38. The van der Waals surface area contributed by atoms with Crippen LogP contribution in [0.25, 0.3) is 0 Å². The van der Waals surface area contributed by atoms with E-state index in [0.717, 1.165) is 12.8 Å². The van der Waals surface area contributed by atoms with Gasteiger partial charge in [0.05, 0.1) is 12.8 Å². The molecular weight excluding hydrogens is 383 g/mol. The Kier molecular flexibility index (Phi) is 8.17. The first-order chi connectivity index (χ1) is 9.75. The van der Waals surface area contributed by atoms with E-state index in [1.54, 1.807) is 12.1 Å². The molecule has 4 N–H and O–H groups in total. The largest absolute Gasteiger partial charge is 0.459 e. The van der Waals surface area contributed by atoms with Crippen molar-refractivity contribution in [2.75, 3.05) is 13.1 Å². The van der Waals surface area contributed by atoms with Crippen LogP contribution in [0.3, 0.4) is 0 Å². The number of carbonyl (C=O) groups is 1. The number of nitrogens with one attached hydrogen (secondary N) is 2. The lowest BCUT2D eigenvalue weighted by Gasteiger charge is -2.23. The molecule has 0 bridgehead atoms. The van der Waals surface area contributed by atoms with Crippen LogP contribution in [0.15, 0.2) is 27.8 Å². The predicted octanol–water partition coefficient (Wildman–Crippen LogP) is 1.86. The maximum Gasteiger partial charge on any atom is 0.287 e. The van der Waals surface area contributed by atoms with Gasteiger partial charge >= 0.3 is 0 Å². The summed E-state index contributed by atoms with van der Waals surface area (Å²) in [7, 11) is 0. The molecule has 118 valence electrons. The van der Waals surface area contributed by atoms with Gasteiger partial charge in [-0.1, -0.05) is 19.3 Å². The summed E-state index contributed by atoms with van der Waals surface area (Å²) in [6, 6.07) is 3.75. The van der Waals surface area contributed by atoms with E-state index >= 15 is 0 Å². The van der Waals surface area contributed by atoms with Crippen LogP contribution in [0.2, 0.25) is 0 Å². The molecule has 0 atom stereocenters. The van der Waals surface area contributed by atoms with Gasteiger partial charge in [0.15, 0.2) is 11.7 Å². The number of nitrogens with two attached hydrogens (primary N) is 1. The average Bonchev–Trinajstić information content (AvgIpc) is 2.99. The van der Waals surface area contributed by atoms with E-state index in [2.05, 4.69) is 15.6 Å². The highest BCUT2D eigenvalue weighted by atomic mass is 127. The third kappa shape index (κ3) is 6.36. The fraction of sp³-hybridized carbons (Fsp3) is 0.571. The first-order valence-corrected chi connectivity index (χ1v) is 7.14. The van der Waals surface area contributed by atoms with Gasteiger partial charge in [0.25, 0.3) is 5.91 Å². The van der Waals surface area contributed by atoms with E-state index < -0.39 is 0 Å². The van der Waals surface area contributed by atoms with Crippen molar-refractivity contribution in [3.05, 3.63) is 24.2 Å². The quantitative estimate of drug-likeness (QED) is 0.301. The number of amides is 1. The fourth-order valence-electron chi connectivity index (χ4n) is 2.34. The Morgan fingerprint density at radius 2 is 2.14 bits per heavy atom. The summed E-state index contributed by atoms with van der Waals surface area (Å²) in [6.45, 7) is 0.893. The lowest BCUT2D eigenvalue weighted by Crippen LogP contribution is -2.41. The van der Waals surface area contributed by atoms with Gasteiger partial charge in [0.2, 0.25) is 0 Å². The highest BCUT2D eigenvalue weighted by Crippen LogP contribution is 2.16. The zero-order chi connectivity index (χ0) is 14.2. The minimum absolute atomic E-state index is 0. The van der Waals surface area contributed by atoms with Crippen molar-refractivity contribution < 1.29 is 9.21 Å². The van der Waals surface area contributed by atoms with Gasteiger partial charge in [0.1, 0.15) is 0 Å². The van der Waals surface area contributed by atoms with Crippen LogP contribution in [0.5, 0.6) is 0 Å². The molecule has 0 aliphatic heterocycles. The molecule has 1 amide bonds. The standard InChI is InChI=1S/C14H22N4O2.HI/c15-14(18-11-5-2-1-3-6-11)17-9-8-16-13(19)12-7-4-10-20-12;/h4,7,10-11H,1-3,5-6,8-9H2,(H,16,19)(H3,15,17,18);1H. The Balaban J connectivity index is 0.00000220. The van der Waals surface area contributed by atoms with Crippen LogP contribution < -0.4 is 16.4 Å². The van der Waals surface area contributed by atoms with E-state index in [1.807, 2.05) is 0 Å². The lowest BCUT2D eigenvalue weighted by molar-refractivity contribution is 0.0927. The number of nitrogens with zero attached hydrogens (tertiary/aromatic N) is 1. The summed E-state index contributed by atoms with van der Waals surface area (Å²) in [5, 5.41) is 5.95. The Labute approximate surface area is 142 Å². The molecule has 1 fully saturated rings. The molecule has 2 rings (SSSR count). The Hall–Kier alpha value is -1.25. The second-order valence-electron chi connectivity index (χ2n) is 4.98. The summed E-state index contributed by atoms with van der Waals surface area (Å²) in [4.78, 5) is 15.8. The average molecular weight is 406 g/mol. The Bertz CT molecular complexity index is 442. The number of hydrogen-bond acceptors (Lipinski definition) is 3. The van der Waals surface area contributed by atoms with Gasteiger partial charge in [-0.05, 0) is 25.0 Å². The van der Waals surface area contributed by atoms with Crippen molar-refractivity contribution in [1.82, 2.24) is 10.6 Å². The topological polar surface area (TPSA) is 92.6 Å². The van der Waals surface area contributed by atoms with Gasteiger partial charge in [-0.2, -0.15) is 0 Å². The van der Waals surface area contributed by atoms with Gasteiger partial charge in [0, 0.05) is 12.6 Å². The van der Waals surface area contributed by atoms with E-state index in [9.17, 15) is 4.79 Å². The number of guanidine groups is 1. The molecular formula is C14H23IN4O2. The van der Waals surface area contributed by atoms with Crippen LogP contribution >= 0.6 is 24.0 Å². The molecule has 1 saturated carbocycles. The summed E-state index contributed by atoms with van der Waals surface area (Å²) < 4.78 is 4.99. The lowest BCUT2D eigenvalue weighted by atomic mass is 9.96. The molecule has 6 nitrogen and oxygen atoms in total. The molecule has 7 heteroatoms. The number of hydrogen-bond donors (Lipinski definition) is 3. The number of halogens is 1. The maximum atomic E-state index is 11.6. The van der Waals surface area contributed by atoms with Crippen LogP contribution in [-0.2, 0) is 0 Å². The highest BCUT2D eigenvalue weighted by Gasteiger charge is 2.13. The number of aliphatic imine (C=N–C) groups is 1. The second-order valence-corrected chi connectivity index (χ2v) is 4.98. The smallest absolute Gasteiger partial charge is 0.287 e. The summed E-state index contributed by atoms with van der Waals surface area (Å²) >= 11 is 0. The molecule has 1 aromatic heterocycles. The van der Waals surface area contributed by atoms with E-state index in [4.69, 9.17) is 10.2 Å². The third-order valence-corrected chi connectivity index (χ3v) is 3.38. The normalized spacial score (nSPS) is 16.1. The van der Waals surface area contributed by atoms with Crippen molar-refractivity contribution in [1.29, 1.82) is 0 Å². The van der Waals surface area contributed by atoms with Gasteiger partial charge in [-0.15, -0.1) is 24.0 Å². The van der Waals surface area contributed by atoms with E-state index in [1.165, 1.54) is 25.5 Å². The molecule has 0 spiro atoms. The molecule has 1 aromatic rings. The molecule has 1 aliphatic rings. The monoisotopic (exact) mass is 406 g/mol. The van der Waals surface area contributed by atoms with Crippen LogP contribution in [0.1, 0.15) is 42.7 Å². The van der Waals surface area contributed by atoms with Crippen LogP contribution in [-0.4, -0.2) is 31.0 Å². The molecule has 0 unspecified atom stereocenters. The maximum absolute atomic E-state index is 11.6. The Morgan fingerprint density at radius 3 is 2.81 bits per heavy atom. The Morgan fingerprint density at radius 1 is 1.38 bits per heavy atom. The van der Waals surface area contributed by atoms with Crippen LogP contribution in [0.4, 0.5) is 0 Å². The molecule has 21 heavy (non-hydrogen) atoms.